The van der Waals surface area contributed by atoms with E-state index in [1.165, 1.54) is 0 Å². The van der Waals surface area contributed by atoms with Crippen LogP contribution in [0.3, 0.4) is 0 Å². The van der Waals surface area contributed by atoms with E-state index in [1.807, 2.05) is 0 Å². The SMILES string of the molecule is [CH-]=C.[F][Pt+]. The first-order chi connectivity index (χ1) is 2.00. The van der Waals surface area contributed by atoms with Gasteiger partial charge in [0.1, 0.15) is 0 Å². The molecule has 0 spiro atoms. The fourth-order valence-electron chi connectivity index (χ4n) is 0. The molecule has 0 saturated heterocycles. The van der Waals surface area contributed by atoms with Gasteiger partial charge in [0.15, 0.2) is 0 Å². The molecule has 0 nitrogen and oxygen atoms in total. The zero-order valence-corrected chi connectivity index (χ0v) is 4.25. The van der Waals surface area contributed by atoms with E-state index in [-0.39, 0.29) is 0 Å². The minimum atomic E-state index is 0.639. The first-order valence-corrected chi connectivity index (χ1v) is 1.39. The molecule has 0 amide bonds. The molecule has 0 N–H and O–H groups in total. The predicted molar refractivity (Wildman–Crippen MR) is 11.0 cm³/mol. The van der Waals surface area contributed by atoms with Gasteiger partial charge in [-0.15, -0.1) is 0 Å². The maximum atomic E-state index is 9.47. The summed E-state index contributed by atoms with van der Waals surface area (Å²) in [6.45, 7) is 7.00. The molecule has 0 atom stereocenters. The second-order valence-corrected chi connectivity index (χ2v) is 0. The molecule has 0 aromatic heterocycles. The molecule has 4 heavy (non-hydrogen) atoms. The molecule has 0 aromatic rings. The summed E-state index contributed by atoms with van der Waals surface area (Å²) in [5.74, 6) is 0. The standard InChI is InChI=1S/C2H3.FH.Pt/c1-2;;/h1H,2H2;1H;/q-1;;+2/p-1. The second kappa shape index (κ2) is 145. The van der Waals surface area contributed by atoms with E-state index in [2.05, 4.69) is 13.2 Å². The first-order valence-electron chi connectivity index (χ1n) is 0.528. The molecule has 0 aliphatic rings. The van der Waals surface area contributed by atoms with Gasteiger partial charge >= 0.3 is 23.5 Å². The Morgan fingerprint density at radius 1 is 1.50 bits per heavy atom. The van der Waals surface area contributed by atoms with Crippen molar-refractivity contribution in [3.63, 3.8) is 0 Å². The summed E-state index contributed by atoms with van der Waals surface area (Å²) in [5, 5.41) is 0. The fraction of sp³-hybridized carbons (Fsp3) is 0. The van der Waals surface area contributed by atoms with E-state index < -0.39 is 0 Å². The van der Waals surface area contributed by atoms with Crippen LogP contribution in [0.25, 0.3) is 0 Å². The third kappa shape index (κ3) is 33.9. The Labute approximate surface area is 37.3 Å². The van der Waals surface area contributed by atoms with Crippen LogP contribution in [0.2, 0.25) is 0 Å². The average molecular weight is 241 g/mol. The van der Waals surface area contributed by atoms with Crippen LogP contribution in [0.5, 0.6) is 0 Å². The molecule has 0 unspecified atom stereocenters. The van der Waals surface area contributed by atoms with Crippen LogP contribution in [0.4, 0.5) is 3.16 Å². The molecule has 0 rings (SSSR count). The monoisotopic (exact) mass is 241 g/mol. The van der Waals surface area contributed by atoms with Crippen molar-refractivity contribution >= 4 is 0 Å². The van der Waals surface area contributed by atoms with Crippen molar-refractivity contribution in [2.75, 3.05) is 0 Å². The molecule has 0 bridgehead atoms. The third-order valence-corrected chi connectivity index (χ3v) is 0. The van der Waals surface area contributed by atoms with E-state index in [4.69, 9.17) is 0 Å². The molecule has 0 aliphatic carbocycles. The minimum absolute atomic E-state index is 0.639. The van der Waals surface area contributed by atoms with Gasteiger partial charge < -0.3 is 6.58 Å². The molecule has 0 saturated carbocycles. The van der Waals surface area contributed by atoms with Crippen molar-refractivity contribution in [1.82, 2.24) is 0 Å². The molecule has 0 aliphatic heterocycles. The second-order valence-electron chi connectivity index (χ2n) is 0. The summed E-state index contributed by atoms with van der Waals surface area (Å²) in [7, 11) is 0. The first kappa shape index (κ1) is 8.84. The van der Waals surface area contributed by atoms with E-state index in [0.717, 1.165) is 0 Å². The fourth-order valence-corrected chi connectivity index (χ4v) is 0. The summed E-state index contributed by atoms with van der Waals surface area (Å²) < 4.78 is 9.47. The zero-order chi connectivity index (χ0) is 4.00. The number of hydrogen-bond acceptors (Lipinski definition) is 0. The maximum absolute atomic E-state index is 9.47. The quantitative estimate of drug-likeness (QED) is 0.555. The Morgan fingerprint density at radius 2 is 1.50 bits per heavy atom. The summed E-state index contributed by atoms with van der Waals surface area (Å²) in [5.41, 5.74) is 0. The topological polar surface area (TPSA) is 0 Å². The van der Waals surface area contributed by atoms with Gasteiger partial charge in [-0.1, -0.05) is 0 Å². The van der Waals surface area contributed by atoms with Crippen LogP contribution in [0, 0.1) is 6.58 Å². The van der Waals surface area contributed by atoms with Gasteiger partial charge in [-0.05, 0) is 0 Å². The Bertz CT molecular complexity index is 6.00. The molecule has 0 heterocycles. The van der Waals surface area contributed by atoms with Crippen LogP contribution in [0.15, 0.2) is 6.58 Å². The Morgan fingerprint density at radius 3 is 1.50 bits per heavy atom. The van der Waals surface area contributed by atoms with Gasteiger partial charge in [-0.2, -0.15) is 0 Å². The normalized spacial score (nSPS) is 2.75. The number of halogens is 1. The zero-order valence-electron chi connectivity index (χ0n) is 1.98. The number of rotatable bonds is 0. The number of hydrogen-bond donors (Lipinski definition) is 0. The van der Waals surface area contributed by atoms with Gasteiger partial charge in [-0.25, -0.2) is 0 Å². The summed E-state index contributed by atoms with van der Waals surface area (Å²) in [6, 6.07) is 0. The molecular formula is C2H3FPt. The predicted octanol–water partition coefficient (Wildman–Crippen LogP) is 1.02. The summed E-state index contributed by atoms with van der Waals surface area (Å²) in [6.07, 6.45) is 0. The molecule has 0 fully saturated rings. The van der Waals surface area contributed by atoms with E-state index >= 15 is 0 Å². The van der Waals surface area contributed by atoms with Gasteiger partial charge in [0.05, 0.1) is 0 Å². The van der Waals surface area contributed by atoms with Gasteiger partial charge in [0.25, 0.3) is 0 Å². The molecule has 28 valence electrons. The van der Waals surface area contributed by atoms with Crippen LogP contribution >= 0.6 is 0 Å². The van der Waals surface area contributed by atoms with Gasteiger partial charge in [0, 0.05) is 0 Å². The molecule has 0 radical (unpaired) electrons. The Hall–Kier alpha value is 0.358. The summed E-state index contributed by atoms with van der Waals surface area (Å²) in [4.78, 5) is 0. The molecular weight excluding hydrogens is 238 g/mol. The van der Waals surface area contributed by atoms with Crippen LogP contribution in [0.1, 0.15) is 0 Å². The van der Waals surface area contributed by atoms with Crippen molar-refractivity contribution in [3.05, 3.63) is 13.2 Å². The van der Waals surface area contributed by atoms with E-state index in [0.29, 0.717) is 20.3 Å². The van der Waals surface area contributed by atoms with E-state index in [9.17, 15) is 3.16 Å². The van der Waals surface area contributed by atoms with Crippen molar-refractivity contribution in [1.29, 1.82) is 0 Å². The molecule has 2 heteroatoms. The Kier molecular flexibility index (Phi) is 321. The van der Waals surface area contributed by atoms with E-state index in [1.54, 1.807) is 0 Å². The van der Waals surface area contributed by atoms with Crippen LogP contribution in [-0.2, 0) is 20.3 Å². The van der Waals surface area contributed by atoms with Crippen LogP contribution < -0.4 is 0 Å². The van der Waals surface area contributed by atoms with Crippen molar-refractivity contribution in [2.24, 2.45) is 0 Å². The van der Waals surface area contributed by atoms with Gasteiger partial charge in [-0.3, -0.25) is 6.58 Å². The third-order valence-electron chi connectivity index (χ3n) is 0. The van der Waals surface area contributed by atoms with Crippen molar-refractivity contribution < 1.29 is 23.5 Å². The molecule has 0 aromatic carbocycles. The van der Waals surface area contributed by atoms with Crippen LogP contribution in [-0.4, -0.2) is 0 Å². The van der Waals surface area contributed by atoms with Gasteiger partial charge in [0.2, 0.25) is 0 Å². The summed E-state index contributed by atoms with van der Waals surface area (Å²) >= 11 is 0.639. The van der Waals surface area contributed by atoms with Crippen molar-refractivity contribution in [2.45, 2.75) is 0 Å². The van der Waals surface area contributed by atoms with Crippen molar-refractivity contribution in [3.8, 4) is 0 Å². The Balaban J connectivity index is 0. The average Bonchev–Trinajstić information content (AvgIpc) is 1.50.